The SMILES string of the molecule is CNCc1ccc(C)c(Oc2cc(Br)ccc2F)c1. The van der Waals surface area contributed by atoms with Crippen molar-refractivity contribution < 1.29 is 9.13 Å². The zero-order chi connectivity index (χ0) is 13.8. The maximum atomic E-state index is 13.7. The fourth-order valence-corrected chi connectivity index (χ4v) is 2.08. The Bertz CT molecular complexity index is 586. The van der Waals surface area contributed by atoms with Crippen molar-refractivity contribution in [2.24, 2.45) is 0 Å². The Balaban J connectivity index is 2.31. The van der Waals surface area contributed by atoms with Gasteiger partial charge in [0.1, 0.15) is 5.75 Å². The van der Waals surface area contributed by atoms with Gasteiger partial charge >= 0.3 is 0 Å². The van der Waals surface area contributed by atoms with Crippen LogP contribution in [-0.2, 0) is 6.54 Å². The predicted molar refractivity (Wildman–Crippen MR) is 78.1 cm³/mol. The summed E-state index contributed by atoms with van der Waals surface area (Å²) in [4.78, 5) is 0. The molecule has 2 rings (SSSR count). The van der Waals surface area contributed by atoms with Crippen molar-refractivity contribution in [3.05, 3.63) is 57.8 Å². The smallest absolute Gasteiger partial charge is 0.165 e. The molecule has 2 aromatic rings. The molecular weight excluding hydrogens is 309 g/mol. The summed E-state index contributed by atoms with van der Waals surface area (Å²) in [5, 5.41) is 3.08. The molecule has 0 aromatic heterocycles. The summed E-state index contributed by atoms with van der Waals surface area (Å²) >= 11 is 3.31. The third-order valence-electron chi connectivity index (χ3n) is 2.75. The highest BCUT2D eigenvalue weighted by molar-refractivity contribution is 9.10. The molecule has 4 heteroatoms. The van der Waals surface area contributed by atoms with Crippen molar-refractivity contribution in [2.45, 2.75) is 13.5 Å². The Hall–Kier alpha value is -1.39. The normalized spacial score (nSPS) is 10.5. The number of rotatable bonds is 4. The van der Waals surface area contributed by atoms with Crippen LogP contribution in [0.2, 0.25) is 0 Å². The van der Waals surface area contributed by atoms with E-state index in [2.05, 4.69) is 21.2 Å². The van der Waals surface area contributed by atoms with Crippen LogP contribution in [0.1, 0.15) is 11.1 Å². The minimum Gasteiger partial charge on any atom is -0.454 e. The van der Waals surface area contributed by atoms with Crippen LogP contribution in [-0.4, -0.2) is 7.05 Å². The van der Waals surface area contributed by atoms with Crippen LogP contribution in [0.15, 0.2) is 40.9 Å². The molecule has 0 atom stereocenters. The van der Waals surface area contributed by atoms with Crippen molar-refractivity contribution in [3.63, 3.8) is 0 Å². The molecule has 19 heavy (non-hydrogen) atoms. The molecule has 100 valence electrons. The van der Waals surface area contributed by atoms with E-state index in [1.54, 1.807) is 12.1 Å². The number of hydrogen-bond acceptors (Lipinski definition) is 2. The molecule has 0 aliphatic carbocycles. The van der Waals surface area contributed by atoms with Gasteiger partial charge in [-0.1, -0.05) is 28.1 Å². The van der Waals surface area contributed by atoms with Gasteiger partial charge in [-0.15, -0.1) is 0 Å². The molecule has 0 heterocycles. The number of benzene rings is 2. The maximum Gasteiger partial charge on any atom is 0.165 e. The van der Waals surface area contributed by atoms with Crippen LogP contribution in [0.4, 0.5) is 4.39 Å². The predicted octanol–water partition coefficient (Wildman–Crippen LogP) is 4.41. The topological polar surface area (TPSA) is 21.3 Å². The fourth-order valence-electron chi connectivity index (χ4n) is 1.74. The average molecular weight is 324 g/mol. The largest absolute Gasteiger partial charge is 0.454 e. The van der Waals surface area contributed by atoms with Crippen LogP contribution in [0.5, 0.6) is 11.5 Å². The first-order valence-corrected chi connectivity index (χ1v) is 6.76. The Kier molecular flexibility index (Phi) is 4.56. The van der Waals surface area contributed by atoms with Gasteiger partial charge in [0.15, 0.2) is 11.6 Å². The van der Waals surface area contributed by atoms with Gasteiger partial charge in [0, 0.05) is 11.0 Å². The van der Waals surface area contributed by atoms with Gasteiger partial charge in [0.2, 0.25) is 0 Å². The van der Waals surface area contributed by atoms with Crippen molar-refractivity contribution >= 4 is 15.9 Å². The summed E-state index contributed by atoms with van der Waals surface area (Å²) < 4.78 is 20.1. The molecule has 0 bridgehead atoms. The minimum atomic E-state index is -0.374. The first kappa shape index (κ1) is 14.0. The number of hydrogen-bond donors (Lipinski definition) is 1. The Morgan fingerprint density at radius 1 is 1.16 bits per heavy atom. The summed E-state index contributed by atoms with van der Waals surface area (Å²) in [5.74, 6) is 0.519. The zero-order valence-electron chi connectivity index (χ0n) is 10.8. The van der Waals surface area contributed by atoms with Crippen LogP contribution in [0, 0.1) is 12.7 Å². The van der Waals surface area contributed by atoms with E-state index in [4.69, 9.17) is 4.74 Å². The van der Waals surface area contributed by atoms with Gasteiger partial charge in [0.05, 0.1) is 0 Å². The Morgan fingerprint density at radius 2 is 1.95 bits per heavy atom. The first-order valence-electron chi connectivity index (χ1n) is 5.97. The van der Waals surface area contributed by atoms with E-state index in [1.807, 2.05) is 32.2 Å². The first-order chi connectivity index (χ1) is 9.10. The van der Waals surface area contributed by atoms with E-state index in [-0.39, 0.29) is 11.6 Å². The average Bonchev–Trinajstić information content (AvgIpc) is 2.38. The van der Waals surface area contributed by atoms with Gasteiger partial charge in [0.25, 0.3) is 0 Å². The van der Waals surface area contributed by atoms with E-state index in [1.165, 1.54) is 6.07 Å². The number of ether oxygens (including phenoxy) is 1. The van der Waals surface area contributed by atoms with Crippen molar-refractivity contribution in [1.29, 1.82) is 0 Å². The van der Waals surface area contributed by atoms with Crippen LogP contribution < -0.4 is 10.1 Å². The van der Waals surface area contributed by atoms with E-state index >= 15 is 0 Å². The summed E-state index contributed by atoms with van der Waals surface area (Å²) in [7, 11) is 1.88. The van der Waals surface area contributed by atoms with Crippen molar-refractivity contribution in [1.82, 2.24) is 5.32 Å². The van der Waals surface area contributed by atoms with Gasteiger partial charge in [-0.3, -0.25) is 0 Å². The quantitative estimate of drug-likeness (QED) is 0.899. The van der Waals surface area contributed by atoms with Crippen LogP contribution >= 0.6 is 15.9 Å². The molecule has 0 aliphatic rings. The van der Waals surface area contributed by atoms with E-state index < -0.39 is 0 Å². The molecule has 0 radical (unpaired) electrons. The monoisotopic (exact) mass is 323 g/mol. The standard InChI is InChI=1S/C15H15BrFNO/c1-10-3-4-11(9-18-2)7-14(10)19-15-8-12(16)5-6-13(15)17/h3-8,18H,9H2,1-2H3. The third-order valence-corrected chi connectivity index (χ3v) is 3.24. The molecule has 0 fully saturated rings. The third kappa shape index (κ3) is 3.55. The second-order valence-corrected chi connectivity index (χ2v) is 5.22. The van der Waals surface area contributed by atoms with E-state index in [0.717, 1.165) is 22.1 Å². The van der Waals surface area contributed by atoms with Gasteiger partial charge in [-0.05, 0) is 49.4 Å². The highest BCUT2D eigenvalue weighted by Crippen LogP contribution is 2.30. The lowest BCUT2D eigenvalue weighted by Gasteiger charge is -2.11. The van der Waals surface area contributed by atoms with Crippen molar-refractivity contribution in [2.75, 3.05) is 7.05 Å². The number of aryl methyl sites for hydroxylation is 1. The number of halogens is 2. The highest BCUT2D eigenvalue weighted by atomic mass is 79.9. The van der Waals surface area contributed by atoms with Gasteiger partial charge < -0.3 is 10.1 Å². The Labute approximate surface area is 120 Å². The molecule has 2 nitrogen and oxygen atoms in total. The molecule has 0 saturated heterocycles. The Morgan fingerprint density at radius 3 is 2.68 bits per heavy atom. The summed E-state index contributed by atoms with van der Waals surface area (Å²) in [6.07, 6.45) is 0. The molecule has 1 N–H and O–H groups in total. The molecule has 2 aromatic carbocycles. The van der Waals surface area contributed by atoms with Crippen LogP contribution in [0.25, 0.3) is 0 Å². The molecule has 0 aliphatic heterocycles. The lowest BCUT2D eigenvalue weighted by molar-refractivity contribution is 0.438. The molecule has 0 saturated carbocycles. The number of nitrogens with one attached hydrogen (secondary N) is 1. The molecular formula is C15H15BrFNO. The lowest BCUT2D eigenvalue weighted by Crippen LogP contribution is -2.05. The lowest BCUT2D eigenvalue weighted by atomic mass is 10.1. The molecule has 0 amide bonds. The van der Waals surface area contributed by atoms with Crippen molar-refractivity contribution in [3.8, 4) is 11.5 Å². The minimum absolute atomic E-state index is 0.221. The van der Waals surface area contributed by atoms with Gasteiger partial charge in [-0.25, -0.2) is 4.39 Å². The second kappa shape index (κ2) is 6.17. The van der Waals surface area contributed by atoms with Gasteiger partial charge in [-0.2, -0.15) is 0 Å². The summed E-state index contributed by atoms with van der Waals surface area (Å²) in [6.45, 7) is 2.69. The summed E-state index contributed by atoms with van der Waals surface area (Å²) in [6, 6.07) is 10.6. The van der Waals surface area contributed by atoms with Crippen LogP contribution in [0.3, 0.4) is 0 Å². The maximum absolute atomic E-state index is 13.7. The molecule has 0 spiro atoms. The fraction of sp³-hybridized carbons (Fsp3) is 0.200. The van der Waals surface area contributed by atoms with E-state index in [9.17, 15) is 4.39 Å². The summed E-state index contributed by atoms with van der Waals surface area (Å²) in [5.41, 5.74) is 2.07. The second-order valence-electron chi connectivity index (χ2n) is 4.31. The zero-order valence-corrected chi connectivity index (χ0v) is 12.4. The highest BCUT2D eigenvalue weighted by Gasteiger charge is 2.08. The van der Waals surface area contributed by atoms with E-state index in [0.29, 0.717) is 5.75 Å². The molecule has 0 unspecified atom stereocenters.